The van der Waals surface area contributed by atoms with Gasteiger partial charge in [-0.25, -0.2) is 0 Å². The lowest BCUT2D eigenvalue weighted by molar-refractivity contribution is -0.0270. The Morgan fingerprint density at radius 3 is 2.94 bits per heavy atom. The van der Waals surface area contributed by atoms with Crippen molar-refractivity contribution in [2.24, 2.45) is 5.92 Å². The molecular weight excluding hydrogens is 198 g/mol. The largest absolute Gasteiger partial charge is 0.388 e. The molecule has 2 rings (SSSR count). The van der Waals surface area contributed by atoms with Crippen molar-refractivity contribution in [1.82, 2.24) is 4.90 Å². The number of fused-ring (bicyclic) bond motifs is 1. The van der Waals surface area contributed by atoms with E-state index in [-0.39, 0.29) is 5.60 Å². The van der Waals surface area contributed by atoms with Gasteiger partial charge >= 0.3 is 0 Å². The van der Waals surface area contributed by atoms with Crippen LogP contribution in [0.4, 0.5) is 0 Å². The number of piperidine rings is 1. The zero-order valence-corrected chi connectivity index (χ0v) is 10.9. The molecule has 0 aliphatic carbocycles. The molecule has 0 radical (unpaired) electrons. The van der Waals surface area contributed by atoms with Crippen molar-refractivity contribution in [3.8, 4) is 0 Å². The molecule has 0 aromatic rings. The molecule has 3 unspecified atom stereocenters. The summed E-state index contributed by atoms with van der Waals surface area (Å²) in [5, 5.41) is 10.8. The van der Waals surface area contributed by atoms with Crippen LogP contribution in [-0.2, 0) is 0 Å². The first kappa shape index (κ1) is 12.4. The Balaban J connectivity index is 1.95. The van der Waals surface area contributed by atoms with E-state index >= 15 is 0 Å². The van der Waals surface area contributed by atoms with Crippen molar-refractivity contribution in [2.45, 2.75) is 70.4 Å². The van der Waals surface area contributed by atoms with Gasteiger partial charge in [-0.3, -0.25) is 4.90 Å². The summed E-state index contributed by atoms with van der Waals surface area (Å²) in [4.78, 5) is 2.53. The fourth-order valence-electron chi connectivity index (χ4n) is 3.81. The highest BCUT2D eigenvalue weighted by Crippen LogP contribution is 2.39. The predicted octanol–water partition coefficient (Wildman–Crippen LogP) is 2.80. The van der Waals surface area contributed by atoms with Crippen molar-refractivity contribution in [3.63, 3.8) is 0 Å². The highest BCUT2D eigenvalue weighted by molar-refractivity contribution is 5.01. The van der Waals surface area contributed by atoms with Crippen LogP contribution in [-0.4, -0.2) is 34.7 Å². The zero-order valence-electron chi connectivity index (χ0n) is 10.9. The third-order valence-electron chi connectivity index (χ3n) is 4.55. The van der Waals surface area contributed by atoms with Crippen LogP contribution in [0.2, 0.25) is 0 Å². The lowest BCUT2D eigenvalue weighted by atomic mass is 9.81. The topological polar surface area (TPSA) is 23.5 Å². The minimum absolute atomic E-state index is 0.366. The number of hydrogen-bond donors (Lipinski definition) is 1. The summed E-state index contributed by atoms with van der Waals surface area (Å²) in [6.45, 7) is 6.88. The van der Waals surface area contributed by atoms with E-state index in [2.05, 4.69) is 18.7 Å². The number of hydrogen-bond acceptors (Lipinski definition) is 2. The van der Waals surface area contributed by atoms with E-state index in [1.54, 1.807) is 0 Å². The third-order valence-corrected chi connectivity index (χ3v) is 4.55. The Bertz CT molecular complexity index is 231. The minimum atomic E-state index is -0.366. The second kappa shape index (κ2) is 5.05. The molecule has 2 heteroatoms. The molecule has 2 nitrogen and oxygen atoms in total. The Labute approximate surface area is 100 Å². The van der Waals surface area contributed by atoms with Crippen LogP contribution in [0.15, 0.2) is 0 Å². The SMILES string of the molecule is CCCC(C)CC1(O)CCN2CCCCC21. The Morgan fingerprint density at radius 1 is 1.38 bits per heavy atom. The second-order valence-corrected chi connectivity index (χ2v) is 6.00. The molecule has 1 N–H and O–H groups in total. The molecule has 0 bridgehead atoms. The van der Waals surface area contributed by atoms with E-state index < -0.39 is 0 Å². The van der Waals surface area contributed by atoms with E-state index in [0.717, 1.165) is 19.4 Å². The molecule has 0 saturated carbocycles. The van der Waals surface area contributed by atoms with Crippen LogP contribution in [0.5, 0.6) is 0 Å². The molecule has 16 heavy (non-hydrogen) atoms. The van der Waals surface area contributed by atoms with Gasteiger partial charge in [0.15, 0.2) is 0 Å². The summed E-state index contributed by atoms with van der Waals surface area (Å²) >= 11 is 0. The normalized spacial score (nSPS) is 37.3. The standard InChI is InChI=1S/C14H27NO/c1-3-6-12(2)11-14(16)8-10-15-9-5-4-7-13(14)15/h12-13,16H,3-11H2,1-2H3. The summed E-state index contributed by atoms with van der Waals surface area (Å²) in [7, 11) is 0. The monoisotopic (exact) mass is 225 g/mol. The van der Waals surface area contributed by atoms with Gasteiger partial charge in [-0.05, 0) is 38.1 Å². The van der Waals surface area contributed by atoms with Crippen molar-refractivity contribution in [2.75, 3.05) is 13.1 Å². The first-order chi connectivity index (χ1) is 7.65. The first-order valence-electron chi connectivity index (χ1n) is 7.12. The van der Waals surface area contributed by atoms with Crippen molar-refractivity contribution >= 4 is 0 Å². The Kier molecular flexibility index (Phi) is 3.91. The van der Waals surface area contributed by atoms with Crippen molar-refractivity contribution in [3.05, 3.63) is 0 Å². The van der Waals surface area contributed by atoms with Crippen LogP contribution in [0.3, 0.4) is 0 Å². The van der Waals surface area contributed by atoms with Gasteiger partial charge in [0.05, 0.1) is 5.60 Å². The number of rotatable bonds is 4. The molecule has 94 valence electrons. The second-order valence-electron chi connectivity index (χ2n) is 6.00. The quantitative estimate of drug-likeness (QED) is 0.795. The lowest BCUT2D eigenvalue weighted by Gasteiger charge is -2.38. The lowest BCUT2D eigenvalue weighted by Crippen LogP contribution is -2.47. The maximum atomic E-state index is 10.8. The van der Waals surface area contributed by atoms with Crippen molar-refractivity contribution in [1.29, 1.82) is 0 Å². The van der Waals surface area contributed by atoms with Crippen LogP contribution in [0, 0.1) is 5.92 Å². The maximum Gasteiger partial charge on any atom is 0.0816 e. The fraction of sp³-hybridized carbons (Fsp3) is 1.00. The van der Waals surface area contributed by atoms with Gasteiger partial charge in [0.1, 0.15) is 0 Å². The molecule has 0 aromatic carbocycles. The Morgan fingerprint density at radius 2 is 2.19 bits per heavy atom. The maximum absolute atomic E-state index is 10.8. The summed E-state index contributed by atoms with van der Waals surface area (Å²) < 4.78 is 0. The van der Waals surface area contributed by atoms with Crippen LogP contribution in [0.1, 0.15) is 58.8 Å². The highest BCUT2D eigenvalue weighted by Gasteiger charge is 2.46. The average molecular weight is 225 g/mol. The Hall–Kier alpha value is -0.0800. The minimum Gasteiger partial charge on any atom is -0.388 e. The fourth-order valence-corrected chi connectivity index (χ4v) is 3.81. The van der Waals surface area contributed by atoms with Crippen LogP contribution < -0.4 is 0 Å². The van der Waals surface area contributed by atoms with Crippen molar-refractivity contribution < 1.29 is 5.11 Å². The van der Waals surface area contributed by atoms with Crippen LogP contribution in [0.25, 0.3) is 0 Å². The molecule has 2 saturated heterocycles. The van der Waals surface area contributed by atoms with Gasteiger partial charge in [-0.15, -0.1) is 0 Å². The number of nitrogens with zero attached hydrogens (tertiary/aromatic N) is 1. The molecule has 2 fully saturated rings. The molecule has 3 atom stereocenters. The van der Waals surface area contributed by atoms with E-state index in [1.807, 2.05) is 0 Å². The van der Waals surface area contributed by atoms with Gasteiger partial charge in [0.25, 0.3) is 0 Å². The van der Waals surface area contributed by atoms with Gasteiger partial charge in [-0.1, -0.05) is 33.1 Å². The van der Waals surface area contributed by atoms with E-state index in [9.17, 15) is 5.11 Å². The molecule has 0 amide bonds. The first-order valence-corrected chi connectivity index (χ1v) is 7.12. The smallest absolute Gasteiger partial charge is 0.0816 e. The highest BCUT2D eigenvalue weighted by atomic mass is 16.3. The molecule has 0 spiro atoms. The van der Waals surface area contributed by atoms with Crippen LogP contribution >= 0.6 is 0 Å². The van der Waals surface area contributed by atoms with E-state index in [0.29, 0.717) is 12.0 Å². The summed E-state index contributed by atoms with van der Waals surface area (Å²) in [6, 6.07) is 0.473. The van der Waals surface area contributed by atoms with E-state index in [4.69, 9.17) is 0 Å². The van der Waals surface area contributed by atoms with Gasteiger partial charge < -0.3 is 5.11 Å². The zero-order chi connectivity index (χ0) is 11.6. The number of aliphatic hydroxyl groups is 1. The summed E-state index contributed by atoms with van der Waals surface area (Å²) in [6.07, 6.45) is 8.38. The van der Waals surface area contributed by atoms with Gasteiger partial charge in [0.2, 0.25) is 0 Å². The molecular formula is C14H27NO. The average Bonchev–Trinajstić information content (AvgIpc) is 2.58. The predicted molar refractivity (Wildman–Crippen MR) is 67.5 cm³/mol. The summed E-state index contributed by atoms with van der Waals surface area (Å²) in [5.74, 6) is 0.678. The summed E-state index contributed by atoms with van der Waals surface area (Å²) in [5.41, 5.74) is -0.366. The van der Waals surface area contributed by atoms with Gasteiger partial charge in [-0.2, -0.15) is 0 Å². The third kappa shape index (κ3) is 2.43. The molecule has 2 aliphatic rings. The molecule has 0 aromatic heterocycles. The molecule has 2 heterocycles. The molecule has 2 aliphatic heterocycles. The van der Waals surface area contributed by atoms with E-state index in [1.165, 1.54) is 38.6 Å². The van der Waals surface area contributed by atoms with Gasteiger partial charge in [0, 0.05) is 12.6 Å².